The fraction of sp³-hybridized carbons (Fsp3) is 0.467. The standard InChI is InChI=1S/C15H20N2O4S/c1-11(2)20-14(18)16-17(15(19)21-12(3)4)9-5-7-13-8-6-10-22-13/h6,8,10-12H,9H2,1-4H3,(H,16,18). The van der Waals surface area contributed by atoms with Gasteiger partial charge in [-0.3, -0.25) is 0 Å². The number of hydrogen-bond donors (Lipinski definition) is 1. The van der Waals surface area contributed by atoms with Gasteiger partial charge in [0.1, 0.15) is 6.54 Å². The number of nitrogens with zero attached hydrogens (tertiary/aromatic N) is 1. The molecule has 1 aromatic rings. The van der Waals surface area contributed by atoms with Crippen LogP contribution in [0.2, 0.25) is 0 Å². The molecule has 0 saturated carbocycles. The molecule has 22 heavy (non-hydrogen) atoms. The van der Waals surface area contributed by atoms with Gasteiger partial charge in [-0.15, -0.1) is 11.3 Å². The van der Waals surface area contributed by atoms with Gasteiger partial charge in [0, 0.05) is 0 Å². The number of hydrogen-bond acceptors (Lipinski definition) is 5. The number of carbonyl (C=O) groups excluding carboxylic acids is 2. The van der Waals surface area contributed by atoms with Crippen LogP contribution >= 0.6 is 11.3 Å². The predicted molar refractivity (Wildman–Crippen MR) is 84.3 cm³/mol. The topological polar surface area (TPSA) is 67.9 Å². The van der Waals surface area contributed by atoms with Crippen LogP contribution in [0.1, 0.15) is 32.6 Å². The Kier molecular flexibility index (Phi) is 7.26. The Balaban J connectivity index is 2.68. The van der Waals surface area contributed by atoms with E-state index in [0.29, 0.717) is 0 Å². The molecule has 0 aliphatic carbocycles. The molecule has 120 valence electrons. The van der Waals surface area contributed by atoms with Crippen molar-refractivity contribution in [3.63, 3.8) is 0 Å². The van der Waals surface area contributed by atoms with E-state index in [4.69, 9.17) is 9.47 Å². The summed E-state index contributed by atoms with van der Waals surface area (Å²) in [6, 6.07) is 3.76. The van der Waals surface area contributed by atoms with Gasteiger partial charge < -0.3 is 9.47 Å². The monoisotopic (exact) mass is 324 g/mol. The zero-order valence-corrected chi connectivity index (χ0v) is 13.9. The molecule has 6 nitrogen and oxygen atoms in total. The average Bonchev–Trinajstić information content (AvgIpc) is 2.88. The quantitative estimate of drug-likeness (QED) is 0.685. The van der Waals surface area contributed by atoms with E-state index in [2.05, 4.69) is 17.3 Å². The largest absolute Gasteiger partial charge is 0.446 e. The van der Waals surface area contributed by atoms with Gasteiger partial charge in [-0.1, -0.05) is 17.9 Å². The first-order chi connectivity index (χ1) is 10.4. The maximum Gasteiger partial charge on any atom is 0.429 e. The number of thiophene rings is 1. The molecule has 0 unspecified atom stereocenters. The van der Waals surface area contributed by atoms with Gasteiger partial charge in [0.05, 0.1) is 17.1 Å². The Labute approximate surface area is 134 Å². The molecule has 0 spiro atoms. The fourth-order valence-electron chi connectivity index (χ4n) is 1.32. The van der Waals surface area contributed by atoms with Crippen molar-refractivity contribution in [2.45, 2.75) is 39.9 Å². The Morgan fingerprint density at radius 2 is 1.95 bits per heavy atom. The van der Waals surface area contributed by atoms with Gasteiger partial charge >= 0.3 is 12.2 Å². The molecular weight excluding hydrogens is 304 g/mol. The van der Waals surface area contributed by atoms with Crippen LogP contribution in [0.3, 0.4) is 0 Å². The first kappa shape index (κ1) is 17.9. The van der Waals surface area contributed by atoms with Crippen molar-refractivity contribution in [3.8, 4) is 11.8 Å². The minimum atomic E-state index is -0.728. The van der Waals surface area contributed by atoms with E-state index >= 15 is 0 Å². The third-order valence-electron chi connectivity index (χ3n) is 2.10. The maximum absolute atomic E-state index is 11.9. The second-order valence-electron chi connectivity index (χ2n) is 4.86. The Bertz CT molecular complexity index is 544. The van der Waals surface area contributed by atoms with Crippen molar-refractivity contribution in [2.75, 3.05) is 6.54 Å². The second kappa shape index (κ2) is 8.95. The smallest absolute Gasteiger partial charge is 0.429 e. The molecule has 0 saturated heterocycles. The number of nitrogens with one attached hydrogen (secondary N) is 1. The molecule has 1 heterocycles. The molecule has 7 heteroatoms. The number of carbonyl (C=O) groups is 2. The summed E-state index contributed by atoms with van der Waals surface area (Å²) in [4.78, 5) is 24.4. The molecule has 2 amide bonds. The third-order valence-corrected chi connectivity index (χ3v) is 2.88. The lowest BCUT2D eigenvalue weighted by atomic mass is 10.4. The maximum atomic E-state index is 11.9. The van der Waals surface area contributed by atoms with Crippen molar-refractivity contribution >= 4 is 23.5 Å². The summed E-state index contributed by atoms with van der Waals surface area (Å²) in [5, 5.41) is 2.90. The summed E-state index contributed by atoms with van der Waals surface area (Å²) in [6.07, 6.45) is -2.01. The molecule has 0 aliphatic rings. The van der Waals surface area contributed by atoms with E-state index in [-0.39, 0.29) is 18.8 Å². The van der Waals surface area contributed by atoms with Crippen molar-refractivity contribution in [2.24, 2.45) is 0 Å². The van der Waals surface area contributed by atoms with Gasteiger partial charge in [0.25, 0.3) is 0 Å². The van der Waals surface area contributed by atoms with Crippen molar-refractivity contribution in [1.29, 1.82) is 0 Å². The Morgan fingerprint density at radius 3 is 2.50 bits per heavy atom. The highest BCUT2D eigenvalue weighted by Gasteiger charge is 2.19. The first-order valence-corrected chi connectivity index (χ1v) is 7.74. The summed E-state index contributed by atoms with van der Waals surface area (Å²) in [7, 11) is 0. The lowest BCUT2D eigenvalue weighted by Crippen LogP contribution is -2.47. The average molecular weight is 324 g/mol. The summed E-state index contributed by atoms with van der Waals surface area (Å²) in [6.45, 7) is 6.87. The highest BCUT2D eigenvalue weighted by atomic mass is 32.1. The van der Waals surface area contributed by atoms with Crippen molar-refractivity contribution < 1.29 is 19.1 Å². The highest BCUT2D eigenvalue weighted by Crippen LogP contribution is 2.05. The van der Waals surface area contributed by atoms with Crippen LogP contribution in [-0.2, 0) is 9.47 Å². The van der Waals surface area contributed by atoms with E-state index in [9.17, 15) is 9.59 Å². The number of ether oxygens (including phenoxy) is 2. The van der Waals surface area contributed by atoms with Crippen LogP contribution in [0, 0.1) is 11.8 Å². The molecule has 1 aromatic heterocycles. The third kappa shape index (κ3) is 6.99. The Hall–Kier alpha value is -2.20. The highest BCUT2D eigenvalue weighted by molar-refractivity contribution is 7.10. The summed E-state index contributed by atoms with van der Waals surface area (Å²) < 4.78 is 10.00. The fourth-order valence-corrected chi connectivity index (χ4v) is 1.91. The molecule has 0 aliphatic heterocycles. The van der Waals surface area contributed by atoms with E-state index in [1.807, 2.05) is 17.5 Å². The van der Waals surface area contributed by atoms with Crippen molar-refractivity contribution in [1.82, 2.24) is 10.4 Å². The second-order valence-corrected chi connectivity index (χ2v) is 5.81. The molecule has 1 N–H and O–H groups in total. The van der Waals surface area contributed by atoms with Crippen LogP contribution in [0.25, 0.3) is 0 Å². The zero-order chi connectivity index (χ0) is 16.5. The number of rotatable bonds is 3. The van der Waals surface area contributed by atoms with E-state index in [0.717, 1.165) is 9.89 Å². The van der Waals surface area contributed by atoms with Crippen molar-refractivity contribution in [3.05, 3.63) is 22.4 Å². The minimum Gasteiger partial charge on any atom is -0.446 e. The van der Waals surface area contributed by atoms with Gasteiger partial charge in [-0.25, -0.2) is 20.0 Å². The van der Waals surface area contributed by atoms with Gasteiger partial charge in [0.15, 0.2) is 0 Å². The first-order valence-electron chi connectivity index (χ1n) is 6.86. The lowest BCUT2D eigenvalue weighted by molar-refractivity contribution is 0.0517. The minimum absolute atomic E-state index is 0.00332. The molecule has 0 fully saturated rings. The van der Waals surface area contributed by atoms with Crippen LogP contribution in [0.5, 0.6) is 0 Å². The summed E-state index contributed by atoms with van der Waals surface area (Å²) in [5.41, 5.74) is 2.33. The number of amides is 2. The Morgan fingerprint density at radius 1 is 1.27 bits per heavy atom. The normalized spacial score (nSPS) is 9.91. The lowest BCUT2D eigenvalue weighted by Gasteiger charge is -2.22. The molecule has 0 bridgehead atoms. The molecule has 0 atom stereocenters. The molecular formula is C15H20N2O4S. The van der Waals surface area contributed by atoms with E-state index in [1.54, 1.807) is 27.7 Å². The molecule has 0 radical (unpaired) electrons. The van der Waals surface area contributed by atoms with Crippen LogP contribution in [0.15, 0.2) is 17.5 Å². The van der Waals surface area contributed by atoms with E-state index < -0.39 is 12.2 Å². The SMILES string of the molecule is CC(C)OC(=O)NN(CC#Cc1cccs1)C(=O)OC(C)C. The van der Waals surface area contributed by atoms with E-state index in [1.165, 1.54) is 11.3 Å². The predicted octanol–water partition coefficient (Wildman–Crippen LogP) is 3.00. The van der Waals surface area contributed by atoms with Gasteiger partial charge in [0.2, 0.25) is 0 Å². The van der Waals surface area contributed by atoms with Crippen LogP contribution < -0.4 is 5.43 Å². The number of hydrazine groups is 1. The van der Waals surface area contributed by atoms with Crippen LogP contribution in [0.4, 0.5) is 9.59 Å². The van der Waals surface area contributed by atoms with Gasteiger partial charge in [-0.2, -0.15) is 0 Å². The molecule has 1 rings (SSSR count). The summed E-state index contributed by atoms with van der Waals surface area (Å²) >= 11 is 1.50. The zero-order valence-electron chi connectivity index (χ0n) is 13.1. The molecule has 0 aromatic carbocycles. The van der Waals surface area contributed by atoms with Gasteiger partial charge in [-0.05, 0) is 39.1 Å². The van der Waals surface area contributed by atoms with Crippen LogP contribution in [-0.4, -0.2) is 35.9 Å². The summed E-state index contributed by atoms with van der Waals surface area (Å²) in [5.74, 6) is 5.72.